The fourth-order valence-corrected chi connectivity index (χ4v) is 2.17. The highest BCUT2D eigenvalue weighted by Gasteiger charge is 2.16. The van der Waals surface area contributed by atoms with Gasteiger partial charge in [0, 0.05) is 0 Å². The number of hydrogen-bond donors (Lipinski definition) is 1. The molecule has 3 nitrogen and oxygen atoms in total. The molecule has 0 amide bonds. The first-order valence-corrected chi connectivity index (χ1v) is 6.38. The summed E-state index contributed by atoms with van der Waals surface area (Å²) in [7, 11) is 0. The molecular formula is C16H16O3. The molecule has 3 heteroatoms. The zero-order chi connectivity index (χ0) is 13.2. The average molecular weight is 256 g/mol. The van der Waals surface area contributed by atoms with Crippen molar-refractivity contribution in [1.82, 2.24) is 0 Å². The Morgan fingerprint density at radius 2 is 1.53 bits per heavy atom. The van der Waals surface area contributed by atoms with Crippen molar-refractivity contribution in [3.8, 4) is 11.5 Å². The van der Waals surface area contributed by atoms with Crippen molar-refractivity contribution in [2.24, 2.45) is 0 Å². The molecule has 2 aromatic rings. The van der Waals surface area contributed by atoms with Gasteiger partial charge in [-0.25, -0.2) is 0 Å². The number of benzene rings is 2. The third kappa shape index (κ3) is 2.42. The number of rotatable bonds is 2. The molecular weight excluding hydrogens is 240 g/mol. The standard InChI is InChI=1S/C16H16O3/c1-11-2-4-12(5-3-11)16(17)13-6-7-14-15(10-13)19-9-8-18-14/h2-7,10,16-17H,8-9H2,1H3. The molecule has 0 aromatic heterocycles. The first-order chi connectivity index (χ1) is 9.24. The molecule has 98 valence electrons. The van der Waals surface area contributed by atoms with E-state index in [0.717, 1.165) is 16.9 Å². The fourth-order valence-electron chi connectivity index (χ4n) is 2.17. The van der Waals surface area contributed by atoms with E-state index in [1.54, 1.807) is 0 Å². The molecule has 0 radical (unpaired) electrons. The molecule has 0 aliphatic carbocycles. The van der Waals surface area contributed by atoms with Crippen LogP contribution in [0.25, 0.3) is 0 Å². The van der Waals surface area contributed by atoms with Crippen LogP contribution in [0, 0.1) is 6.92 Å². The molecule has 0 saturated carbocycles. The second-order valence-corrected chi connectivity index (χ2v) is 4.72. The maximum atomic E-state index is 10.4. The van der Waals surface area contributed by atoms with E-state index in [2.05, 4.69) is 0 Å². The number of hydrogen-bond acceptors (Lipinski definition) is 3. The number of aryl methyl sites for hydroxylation is 1. The van der Waals surface area contributed by atoms with Gasteiger partial charge in [0.05, 0.1) is 0 Å². The van der Waals surface area contributed by atoms with Crippen molar-refractivity contribution in [1.29, 1.82) is 0 Å². The normalized spacial score (nSPS) is 15.1. The minimum atomic E-state index is -0.642. The van der Waals surface area contributed by atoms with Gasteiger partial charge in [0.1, 0.15) is 19.3 Å². The van der Waals surface area contributed by atoms with Gasteiger partial charge in [-0.05, 0) is 30.2 Å². The van der Waals surface area contributed by atoms with Crippen LogP contribution in [0.15, 0.2) is 42.5 Å². The third-order valence-electron chi connectivity index (χ3n) is 3.28. The van der Waals surface area contributed by atoms with Gasteiger partial charge in [-0.15, -0.1) is 0 Å². The molecule has 1 unspecified atom stereocenters. The zero-order valence-electron chi connectivity index (χ0n) is 10.8. The molecule has 1 aliphatic heterocycles. The van der Waals surface area contributed by atoms with Crippen LogP contribution < -0.4 is 9.47 Å². The van der Waals surface area contributed by atoms with Crippen LogP contribution in [-0.2, 0) is 0 Å². The van der Waals surface area contributed by atoms with Gasteiger partial charge >= 0.3 is 0 Å². The highest BCUT2D eigenvalue weighted by Crippen LogP contribution is 2.34. The lowest BCUT2D eigenvalue weighted by Crippen LogP contribution is -2.15. The van der Waals surface area contributed by atoms with Crippen LogP contribution in [0.3, 0.4) is 0 Å². The van der Waals surface area contributed by atoms with E-state index in [1.807, 2.05) is 49.4 Å². The van der Waals surface area contributed by atoms with Gasteiger partial charge in [0.15, 0.2) is 11.5 Å². The summed E-state index contributed by atoms with van der Waals surface area (Å²) in [6, 6.07) is 13.4. The third-order valence-corrected chi connectivity index (χ3v) is 3.28. The molecule has 1 N–H and O–H groups in total. The SMILES string of the molecule is Cc1ccc(C(O)c2ccc3c(c2)OCCO3)cc1. The van der Waals surface area contributed by atoms with Gasteiger partial charge < -0.3 is 14.6 Å². The van der Waals surface area contributed by atoms with Crippen molar-refractivity contribution in [3.63, 3.8) is 0 Å². The van der Waals surface area contributed by atoms with Gasteiger partial charge in [-0.1, -0.05) is 35.9 Å². The lowest BCUT2D eigenvalue weighted by molar-refractivity contribution is 0.169. The average Bonchev–Trinajstić information content (AvgIpc) is 2.47. The quantitative estimate of drug-likeness (QED) is 0.898. The van der Waals surface area contributed by atoms with Crippen LogP contribution in [0.1, 0.15) is 22.8 Å². The molecule has 3 rings (SSSR count). The molecule has 0 saturated heterocycles. The smallest absolute Gasteiger partial charge is 0.161 e. The van der Waals surface area contributed by atoms with E-state index in [1.165, 1.54) is 5.56 Å². The van der Waals surface area contributed by atoms with Crippen LogP contribution in [0.5, 0.6) is 11.5 Å². The largest absolute Gasteiger partial charge is 0.486 e. The summed E-state index contributed by atoms with van der Waals surface area (Å²) in [5.41, 5.74) is 2.87. The summed E-state index contributed by atoms with van der Waals surface area (Å²) in [5, 5.41) is 10.4. The maximum absolute atomic E-state index is 10.4. The first kappa shape index (κ1) is 12.1. The minimum Gasteiger partial charge on any atom is -0.486 e. The van der Waals surface area contributed by atoms with E-state index in [9.17, 15) is 5.11 Å². The van der Waals surface area contributed by atoms with Crippen molar-refractivity contribution >= 4 is 0 Å². The maximum Gasteiger partial charge on any atom is 0.161 e. The van der Waals surface area contributed by atoms with Gasteiger partial charge in [-0.2, -0.15) is 0 Å². The monoisotopic (exact) mass is 256 g/mol. The second-order valence-electron chi connectivity index (χ2n) is 4.72. The van der Waals surface area contributed by atoms with Gasteiger partial charge in [-0.3, -0.25) is 0 Å². The Morgan fingerprint density at radius 3 is 2.26 bits per heavy atom. The molecule has 1 atom stereocenters. The molecule has 1 heterocycles. The first-order valence-electron chi connectivity index (χ1n) is 6.38. The van der Waals surface area contributed by atoms with Gasteiger partial charge in [0.25, 0.3) is 0 Å². The Labute approximate surface area is 112 Å². The summed E-state index contributed by atoms with van der Waals surface area (Å²) in [6.45, 7) is 3.16. The second kappa shape index (κ2) is 4.94. The number of aliphatic hydroxyl groups is 1. The topological polar surface area (TPSA) is 38.7 Å². The highest BCUT2D eigenvalue weighted by molar-refractivity contribution is 5.46. The lowest BCUT2D eigenvalue weighted by Gasteiger charge is -2.20. The Kier molecular flexibility index (Phi) is 3.13. The predicted octanol–water partition coefficient (Wildman–Crippen LogP) is 2.85. The summed E-state index contributed by atoms with van der Waals surface area (Å²) in [6.07, 6.45) is -0.642. The molecule has 19 heavy (non-hydrogen) atoms. The van der Waals surface area contributed by atoms with Crippen LogP contribution in [0.4, 0.5) is 0 Å². The van der Waals surface area contributed by atoms with Crippen molar-refractivity contribution in [2.45, 2.75) is 13.0 Å². The van der Waals surface area contributed by atoms with Crippen LogP contribution in [-0.4, -0.2) is 18.3 Å². The van der Waals surface area contributed by atoms with Crippen LogP contribution >= 0.6 is 0 Å². The summed E-state index contributed by atoms with van der Waals surface area (Å²) >= 11 is 0. The Balaban J connectivity index is 1.91. The number of aliphatic hydroxyl groups excluding tert-OH is 1. The molecule has 1 aliphatic rings. The summed E-state index contributed by atoms with van der Waals surface area (Å²) in [5.74, 6) is 1.45. The fraction of sp³-hybridized carbons (Fsp3) is 0.250. The molecule has 2 aromatic carbocycles. The molecule has 0 bridgehead atoms. The lowest BCUT2D eigenvalue weighted by atomic mass is 10.00. The van der Waals surface area contributed by atoms with Crippen LogP contribution in [0.2, 0.25) is 0 Å². The van der Waals surface area contributed by atoms with E-state index in [-0.39, 0.29) is 0 Å². The number of ether oxygens (including phenoxy) is 2. The Bertz CT molecular complexity index is 575. The van der Waals surface area contributed by atoms with Crippen molar-refractivity contribution in [3.05, 3.63) is 59.2 Å². The van der Waals surface area contributed by atoms with E-state index in [4.69, 9.17) is 9.47 Å². The Hall–Kier alpha value is -2.00. The summed E-state index contributed by atoms with van der Waals surface area (Å²) < 4.78 is 11.0. The molecule has 0 fully saturated rings. The van der Waals surface area contributed by atoms with Crippen molar-refractivity contribution in [2.75, 3.05) is 13.2 Å². The zero-order valence-corrected chi connectivity index (χ0v) is 10.8. The van der Waals surface area contributed by atoms with E-state index >= 15 is 0 Å². The predicted molar refractivity (Wildman–Crippen MR) is 72.7 cm³/mol. The van der Waals surface area contributed by atoms with E-state index in [0.29, 0.717) is 19.0 Å². The molecule has 0 spiro atoms. The van der Waals surface area contributed by atoms with Crippen molar-refractivity contribution < 1.29 is 14.6 Å². The minimum absolute atomic E-state index is 0.553. The van der Waals surface area contributed by atoms with Gasteiger partial charge in [0.2, 0.25) is 0 Å². The van der Waals surface area contributed by atoms with E-state index < -0.39 is 6.10 Å². The number of fused-ring (bicyclic) bond motifs is 1. The Morgan fingerprint density at radius 1 is 0.895 bits per heavy atom. The summed E-state index contributed by atoms with van der Waals surface area (Å²) in [4.78, 5) is 0. The highest BCUT2D eigenvalue weighted by atomic mass is 16.6.